The number of imide groups is 1. The number of alkyl halides is 1. The molecule has 2 rings (SSSR count). The van der Waals surface area contributed by atoms with Gasteiger partial charge in [0.25, 0.3) is 11.8 Å². The van der Waals surface area contributed by atoms with Gasteiger partial charge >= 0.3 is 5.97 Å². The van der Waals surface area contributed by atoms with Crippen LogP contribution < -0.4 is 4.31 Å². The normalized spacial score (nSPS) is 14.1. The van der Waals surface area contributed by atoms with Crippen LogP contribution in [0.1, 0.15) is 20.7 Å². The topological polar surface area (TPSA) is 112 Å². The van der Waals surface area contributed by atoms with E-state index in [2.05, 4.69) is 15.9 Å². The van der Waals surface area contributed by atoms with Crippen molar-refractivity contribution in [1.82, 2.24) is 4.90 Å². The Bertz CT molecular complexity index is 792. The summed E-state index contributed by atoms with van der Waals surface area (Å²) < 4.78 is 24.8. The molecule has 0 bridgehead atoms. The number of anilines is 1. The Morgan fingerprint density at radius 2 is 1.87 bits per heavy atom. The van der Waals surface area contributed by atoms with Gasteiger partial charge in [0.1, 0.15) is 6.54 Å². The average Bonchev–Trinajstić information content (AvgIpc) is 2.68. The maximum atomic E-state index is 12.2. The van der Waals surface area contributed by atoms with E-state index >= 15 is 0 Å². The van der Waals surface area contributed by atoms with Crippen molar-refractivity contribution >= 4 is 49.4 Å². The minimum absolute atomic E-state index is 0.00280. The lowest BCUT2D eigenvalue weighted by atomic mass is 10.1. The number of benzene rings is 1. The summed E-state index contributed by atoms with van der Waals surface area (Å²) in [6, 6.07) is 4.04. The first-order chi connectivity index (χ1) is 10.7. The molecular weight excluding hydrogens is 392 g/mol. The maximum absolute atomic E-state index is 12.2. The van der Waals surface area contributed by atoms with Gasteiger partial charge in [0.2, 0.25) is 10.0 Å². The molecule has 1 aliphatic heterocycles. The molecule has 0 spiro atoms. The van der Waals surface area contributed by atoms with E-state index in [1.807, 2.05) is 0 Å². The van der Waals surface area contributed by atoms with Gasteiger partial charge in [-0.3, -0.25) is 23.6 Å². The number of amides is 2. The van der Waals surface area contributed by atoms with Crippen LogP contribution in [0.5, 0.6) is 0 Å². The Hall–Kier alpha value is -1.94. The summed E-state index contributed by atoms with van der Waals surface area (Å²) >= 11 is 3.16. The van der Waals surface area contributed by atoms with E-state index in [1.54, 1.807) is 0 Å². The molecular formula is C13H13BrN2O6S. The second kappa shape index (κ2) is 6.28. The zero-order chi connectivity index (χ0) is 17.4. The average molecular weight is 405 g/mol. The fraction of sp³-hybridized carbons (Fsp3) is 0.308. The van der Waals surface area contributed by atoms with Crippen LogP contribution in [-0.2, 0) is 14.8 Å². The number of fused-ring (bicyclic) bond motifs is 1. The Kier molecular flexibility index (Phi) is 4.76. The van der Waals surface area contributed by atoms with E-state index in [0.717, 1.165) is 10.6 Å². The number of hydrogen-bond donors (Lipinski definition) is 1. The molecule has 124 valence electrons. The number of sulfonamides is 1. The van der Waals surface area contributed by atoms with Gasteiger partial charge in [0, 0.05) is 11.9 Å². The van der Waals surface area contributed by atoms with Gasteiger partial charge in [-0.1, -0.05) is 15.9 Å². The maximum Gasteiger partial charge on any atom is 0.323 e. The smallest absolute Gasteiger partial charge is 0.323 e. The number of aliphatic carboxylic acids is 1. The summed E-state index contributed by atoms with van der Waals surface area (Å²) in [6.45, 7) is -0.586. The second-order valence-electron chi connectivity index (χ2n) is 4.84. The number of hydrogen-bond acceptors (Lipinski definition) is 5. The quantitative estimate of drug-likeness (QED) is 0.546. The van der Waals surface area contributed by atoms with Gasteiger partial charge in [0.15, 0.2) is 0 Å². The first-order valence-corrected chi connectivity index (χ1v) is 9.39. The summed E-state index contributed by atoms with van der Waals surface area (Å²) in [5, 5.41) is 9.15. The molecule has 1 heterocycles. The Balaban J connectivity index is 2.46. The highest BCUT2D eigenvalue weighted by atomic mass is 79.9. The van der Waals surface area contributed by atoms with Crippen molar-refractivity contribution in [2.75, 3.05) is 29.0 Å². The number of halogens is 1. The number of nitrogens with zero attached hydrogens (tertiary/aromatic N) is 2. The van der Waals surface area contributed by atoms with Gasteiger partial charge in [-0.05, 0) is 18.2 Å². The molecule has 0 aliphatic carbocycles. The molecule has 8 nitrogen and oxygen atoms in total. The van der Waals surface area contributed by atoms with Crippen molar-refractivity contribution in [2.24, 2.45) is 0 Å². The molecule has 0 fully saturated rings. The minimum Gasteiger partial charge on any atom is -0.480 e. The minimum atomic E-state index is -3.56. The predicted molar refractivity (Wildman–Crippen MR) is 85.4 cm³/mol. The van der Waals surface area contributed by atoms with Crippen molar-refractivity contribution in [3.63, 3.8) is 0 Å². The Labute approximate surface area is 140 Å². The third-order valence-corrected chi connectivity index (χ3v) is 4.77. The van der Waals surface area contributed by atoms with Crippen molar-refractivity contribution < 1.29 is 27.9 Å². The molecule has 10 heteroatoms. The van der Waals surface area contributed by atoms with Crippen LogP contribution in [0.4, 0.5) is 5.69 Å². The van der Waals surface area contributed by atoms with E-state index in [9.17, 15) is 22.8 Å². The summed E-state index contributed by atoms with van der Waals surface area (Å²) in [5.74, 6) is -2.76. The summed E-state index contributed by atoms with van der Waals surface area (Å²) in [5.41, 5.74) is 0.299. The lowest BCUT2D eigenvalue weighted by Gasteiger charge is -2.21. The summed E-state index contributed by atoms with van der Waals surface area (Å²) in [4.78, 5) is 35.6. The summed E-state index contributed by atoms with van der Waals surface area (Å²) in [6.07, 6.45) is 1.03. The molecule has 0 unspecified atom stereocenters. The molecule has 0 aromatic heterocycles. The number of carboxylic acid groups (broad SMARTS) is 1. The molecule has 2 amide bonds. The van der Waals surface area contributed by atoms with E-state index < -0.39 is 34.4 Å². The van der Waals surface area contributed by atoms with Gasteiger partial charge in [-0.25, -0.2) is 8.42 Å². The van der Waals surface area contributed by atoms with Crippen molar-refractivity contribution in [3.8, 4) is 0 Å². The predicted octanol–water partition coefficient (Wildman–Crippen LogP) is 0.528. The molecule has 0 saturated carbocycles. The zero-order valence-electron chi connectivity index (χ0n) is 12.0. The molecule has 1 aromatic rings. The lowest BCUT2D eigenvalue weighted by molar-refractivity contribution is -0.137. The van der Waals surface area contributed by atoms with Crippen molar-refractivity contribution in [2.45, 2.75) is 0 Å². The van der Waals surface area contributed by atoms with Crippen LogP contribution in [0.2, 0.25) is 0 Å². The van der Waals surface area contributed by atoms with Gasteiger partial charge in [-0.15, -0.1) is 0 Å². The van der Waals surface area contributed by atoms with Crippen molar-refractivity contribution in [1.29, 1.82) is 0 Å². The lowest BCUT2D eigenvalue weighted by Crippen LogP contribution is -2.34. The standard InChI is InChI=1S/C13H13BrN2O6S/c1-23(21,22)16(5-4-14)8-2-3-9-10(6-8)13(20)15(12(9)19)7-11(17)18/h2-3,6H,4-5,7H2,1H3,(H,17,18). The van der Waals surface area contributed by atoms with Crippen LogP contribution in [-0.4, -0.2) is 60.9 Å². The number of carbonyl (C=O) groups excluding carboxylic acids is 2. The van der Waals surface area contributed by atoms with E-state index in [-0.39, 0.29) is 23.4 Å². The molecule has 1 N–H and O–H groups in total. The first-order valence-electron chi connectivity index (χ1n) is 6.42. The van der Waals surface area contributed by atoms with E-state index in [0.29, 0.717) is 10.2 Å². The highest BCUT2D eigenvalue weighted by molar-refractivity contribution is 9.09. The summed E-state index contributed by atoms with van der Waals surface area (Å²) in [7, 11) is -3.56. The molecule has 0 saturated heterocycles. The fourth-order valence-corrected chi connectivity index (χ4v) is 3.78. The number of carboxylic acids is 1. The SMILES string of the molecule is CS(=O)(=O)N(CCBr)c1ccc2c(c1)C(=O)N(CC(=O)O)C2=O. The fourth-order valence-electron chi connectivity index (χ4n) is 2.28. The van der Waals surface area contributed by atoms with Gasteiger partial charge in [-0.2, -0.15) is 0 Å². The van der Waals surface area contributed by atoms with Crippen LogP contribution in [0.25, 0.3) is 0 Å². The van der Waals surface area contributed by atoms with Gasteiger partial charge in [0.05, 0.1) is 23.1 Å². The van der Waals surface area contributed by atoms with Crippen LogP contribution in [0.3, 0.4) is 0 Å². The highest BCUT2D eigenvalue weighted by Gasteiger charge is 2.37. The molecule has 23 heavy (non-hydrogen) atoms. The van der Waals surface area contributed by atoms with Crippen LogP contribution in [0, 0.1) is 0 Å². The van der Waals surface area contributed by atoms with Crippen molar-refractivity contribution in [3.05, 3.63) is 29.3 Å². The largest absolute Gasteiger partial charge is 0.480 e. The highest BCUT2D eigenvalue weighted by Crippen LogP contribution is 2.28. The monoisotopic (exact) mass is 404 g/mol. The van der Waals surface area contributed by atoms with E-state index in [4.69, 9.17) is 5.11 Å². The third kappa shape index (κ3) is 3.37. The molecule has 0 atom stereocenters. The zero-order valence-corrected chi connectivity index (χ0v) is 14.4. The van der Waals surface area contributed by atoms with Crippen LogP contribution >= 0.6 is 15.9 Å². The third-order valence-electron chi connectivity index (χ3n) is 3.22. The Morgan fingerprint density at radius 1 is 1.26 bits per heavy atom. The molecule has 1 aliphatic rings. The molecule has 0 radical (unpaired) electrons. The van der Waals surface area contributed by atoms with Crippen LogP contribution in [0.15, 0.2) is 18.2 Å². The van der Waals surface area contributed by atoms with E-state index in [1.165, 1.54) is 18.2 Å². The second-order valence-corrected chi connectivity index (χ2v) is 7.54. The molecule has 1 aromatic carbocycles. The Morgan fingerprint density at radius 3 is 2.39 bits per heavy atom. The first kappa shape index (κ1) is 17.4. The number of carbonyl (C=O) groups is 3. The van der Waals surface area contributed by atoms with Gasteiger partial charge < -0.3 is 5.11 Å². The number of rotatable bonds is 6.